The number of thioether (sulfide) groups is 1. The number of nitrogens with two attached hydrogens (primary N) is 1. The lowest BCUT2D eigenvalue weighted by atomic mass is 10.1. The second kappa shape index (κ2) is 8.00. The van der Waals surface area contributed by atoms with E-state index in [9.17, 15) is 4.79 Å². The lowest BCUT2D eigenvalue weighted by molar-refractivity contribution is -0.123. The average Bonchev–Trinajstić information content (AvgIpc) is 2.38. The number of hydrogen-bond acceptors (Lipinski definition) is 3. The van der Waals surface area contributed by atoms with Crippen molar-refractivity contribution in [1.82, 2.24) is 5.32 Å². The van der Waals surface area contributed by atoms with Crippen molar-refractivity contribution in [3.8, 4) is 0 Å². The maximum Gasteiger partial charge on any atom is 0.237 e. The van der Waals surface area contributed by atoms with Crippen LogP contribution in [0.15, 0.2) is 18.2 Å². The molecule has 1 rings (SSSR count). The Kier molecular flexibility index (Phi) is 7.00. The Balaban J connectivity index is 2.60. The van der Waals surface area contributed by atoms with E-state index in [0.29, 0.717) is 16.5 Å². The van der Waals surface area contributed by atoms with E-state index in [0.717, 1.165) is 11.3 Å². The summed E-state index contributed by atoms with van der Waals surface area (Å²) in [6, 6.07) is 4.69. The van der Waals surface area contributed by atoms with E-state index in [1.54, 1.807) is 23.9 Å². The lowest BCUT2D eigenvalue weighted by Crippen LogP contribution is -2.41. The standard InChI is InChI=1S/C13H18Cl2N2OS/c1-8(9-3-4-10(14)11(15)7-9)17-13(18)12(16)5-6-19-2/h3-4,7-8,12H,5-6,16H2,1-2H3,(H,17,18)/t8?,12-/m0/s1. The normalized spacial score (nSPS) is 13.9. The Bertz CT molecular complexity index is 443. The predicted octanol–water partition coefficient (Wildman–Crippen LogP) is 3.25. The summed E-state index contributed by atoms with van der Waals surface area (Å²) >= 11 is 13.5. The molecule has 1 amide bonds. The van der Waals surface area contributed by atoms with E-state index in [2.05, 4.69) is 5.32 Å². The molecule has 1 unspecified atom stereocenters. The van der Waals surface area contributed by atoms with Gasteiger partial charge in [-0.1, -0.05) is 29.3 Å². The zero-order valence-corrected chi connectivity index (χ0v) is 13.3. The molecule has 0 aliphatic carbocycles. The van der Waals surface area contributed by atoms with Crippen LogP contribution in [-0.4, -0.2) is 24.0 Å². The first-order valence-corrected chi connectivity index (χ1v) is 8.10. The summed E-state index contributed by atoms with van der Waals surface area (Å²) in [5, 5.41) is 3.86. The zero-order valence-electron chi connectivity index (χ0n) is 11.0. The molecule has 19 heavy (non-hydrogen) atoms. The number of amides is 1. The van der Waals surface area contributed by atoms with E-state index in [1.165, 1.54) is 0 Å². The third-order valence-electron chi connectivity index (χ3n) is 2.77. The minimum absolute atomic E-state index is 0.146. The van der Waals surface area contributed by atoms with Gasteiger partial charge in [0.1, 0.15) is 0 Å². The molecule has 0 heterocycles. The second-order valence-electron chi connectivity index (χ2n) is 4.29. The van der Waals surface area contributed by atoms with Gasteiger partial charge < -0.3 is 11.1 Å². The molecule has 0 bridgehead atoms. The zero-order chi connectivity index (χ0) is 14.4. The van der Waals surface area contributed by atoms with Crippen LogP contribution in [0.3, 0.4) is 0 Å². The first kappa shape index (κ1) is 16.6. The minimum Gasteiger partial charge on any atom is -0.348 e. The molecule has 106 valence electrons. The van der Waals surface area contributed by atoms with Crippen LogP contribution >= 0.6 is 35.0 Å². The summed E-state index contributed by atoms with van der Waals surface area (Å²) in [6.07, 6.45) is 2.66. The van der Waals surface area contributed by atoms with Crippen LogP contribution in [0, 0.1) is 0 Å². The molecule has 0 saturated heterocycles. The molecular formula is C13H18Cl2N2OS. The van der Waals surface area contributed by atoms with Crippen molar-refractivity contribution in [1.29, 1.82) is 0 Å². The van der Waals surface area contributed by atoms with Crippen LogP contribution < -0.4 is 11.1 Å². The van der Waals surface area contributed by atoms with Gasteiger partial charge in [0, 0.05) is 0 Å². The SMILES string of the molecule is CSCC[C@H](N)C(=O)NC(C)c1ccc(Cl)c(Cl)c1. The molecule has 0 fully saturated rings. The molecular weight excluding hydrogens is 303 g/mol. The number of nitrogens with one attached hydrogen (secondary N) is 1. The van der Waals surface area contributed by atoms with Gasteiger partial charge in [0.25, 0.3) is 0 Å². The smallest absolute Gasteiger partial charge is 0.237 e. The molecule has 1 aromatic carbocycles. The van der Waals surface area contributed by atoms with E-state index in [-0.39, 0.29) is 11.9 Å². The lowest BCUT2D eigenvalue weighted by Gasteiger charge is -2.18. The number of rotatable bonds is 6. The first-order chi connectivity index (χ1) is 8.95. The maximum atomic E-state index is 11.9. The number of halogens is 2. The largest absolute Gasteiger partial charge is 0.348 e. The van der Waals surface area contributed by atoms with Gasteiger partial charge in [-0.15, -0.1) is 0 Å². The van der Waals surface area contributed by atoms with Gasteiger partial charge in [-0.3, -0.25) is 4.79 Å². The fraction of sp³-hybridized carbons (Fsp3) is 0.462. The van der Waals surface area contributed by atoms with Crippen molar-refractivity contribution in [3.63, 3.8) is 0 Å². The molecule has 0 aromatic heterocycles. The third-order valence-corrected chi connectivity index (χ3v) is 4.16. The topological polar surface area (TPSA) is 55.1 Å². The summed E-state index contributed by atoms with van der Waals surface area (Å²) in [4.78, 5) is 11.9. The van der Waals surface area contributed by atoms with Gasteiger partial charge in [0.05, 0.1) is 22.1 Å². The van der Waals surface area contributed by atoms with Gasteiger partial charge >= 0.3 is 0 Å². The van der Waals surface area contributed by atoms with Crippen LogP contribution in [-0.2, 0) is 4.79 Å². The average molecular weight is 321 g/mol. The monoisotopic (exact) mass is 320 g/mol. The molecule has 0 aliphatic heterocycles. The molecule has 3 nitrogen and oxygen atoms in total. The van der Waals surface area contributed by atoms with Crippen molar-refractivity contribution in [2.45, 2.75) is 25.4 Å². The molecule has 6 heteroatoms. The van der Waals surface area contributed by atoms with Crippen LogP contribution in [0.2, 0.25) is 10.0 Å². The Morgan fingerprint density at radius 3 is 2.68 bits per heavy atom. The number of carbonyl (C=O) groups excluding carboxylic acids is 1. The van der Waals surface area contributed by atoms with Crippen LogP contribution in [0.25, 0.3) is 0 Å². The fourth-order valence-electron chi connectivity index (χ4n) is 1.56. The summed E-state index contributed by atoms with van der Waals surface area (Å²) in [5.41, 5.74) is 6.71. The van der Waals surface area contributed by atoms with Crippen molar-refractivity contribution < 1.29 is 4.79 Å². The van der Waals surface area contributed by atoms with E-state index < -0.39 is 6.04 Å². The Hall–Kier alpha value is -0.420. The van der Waals surface area contributed by atoms with Crippen molar-refractivity contribution >= 4 is 40.9 Å². The summed E-state index contributed by atoms with van der Waals surface area (Å²) in [7, 11) is 0. The Morgan fingerprint density at radius 1 is 1.42 bits per heavy atom. The highest BCUT2D eigenvalue weighted by Crippen LogP contribution is 2.25. The van der Waals surface area contributed by atoms with E-state index in [4.69, 9.17) is 28.9 Å². The predicted molar refractivity (Wildman–Crippen MR) is 84.0 cm³/mol. The quantitative estimate of drug-likeness (QED) is 0.846. The highest BCUT2D eigenvalue weighted by atomic mass is 35.5. The molecule has 1 aromatic rings. The van der Waals surface area contributed by atoms with Crippen molar-refractivity contribution in [3.05, 3.63) is 33.8 Å². The van der Waals surface area contributed by atoms with E-state index in [1.807, 2.05) is 19.2 Å². The van der Waals surface area contributed by atoms with Gasteiger partial charge in [-0.2, -0.15) is 11.8 Å². The Morgan fingerprint density at radius 2 is 2.11 bits per heavy atom. The number of carbonyl (C=O) groups is 1. The van der Waals surface area contributed by atoms with Crippen molar-refractivity contribution in [2.24, 2.45) is 5.73 Å². The maximum absolute atomic E-state index is 11.9. The van der Waals surface area contributed by atoms with Gasteiger partial charge in [0.2, 0.25) is 5.91 Å². The molecule has 2 atom stereocenters. The molecule has 0 spiro atoms. The van der Waals surface area contributed by atoms with Crippen LogP contribution in [0.1, 0.15) is 24.9 Å². The van der Waals surface area contributed by atoms with Gasteiger partial charge in [0.15, 0.2) is 0 Å². The molecule has 0 saturated carbocycles. The Labute approximate surface area is 128 Å². The van der Waals surface area contributed by atoms with Gasteiger partial charge in [-0.05, 0) is 43.0 Å². The fourth-order valence-corrected chi connectivity index (χ4v) is 2.36. The second-order valence-corrected chi connectivity index (χ2v) is 6.09. The highest BCUT2D eigenvalue weighted by Gasteiger charge is 2.16. The van der Waals surface area contributed by atoms with Crippen molar-refractivity contribution in [2.75, 3.05) is 12.0 Å². The van der Waals surface area contributed by atoms with Gasteiger partial charge in [-0.25, -0.2) is 0 Å². The molecule has 0 radical (unpaired) electrons. The van der Waals surface area contributed by atoms with Crippen LogP contribution in [0.5, 0.6) is 0 Å². The third kappa shape index (κ3) is 5.22. The number of hydrogen-bond donors (Lipinski definition) is 2. The molecule has 3 N–H and O–H groups in total. The molecule has 0 aliphatic rings. The number of benzene rings is 1. The van der Waals surface area contributed by atoms with E-state index >= 15 is 0 Å². The summed E-state index contributed by atoms with van der Waals surface area (Å²) < 4.78 is 0. The highest BCUT2D eigenvalue weighted by molar-refractivity contribution is 7.98. The first-order valence-electron chi connectivity index (χ1n) is 5.95. The minimum atomic E-state index is -0.474. The summed E-state index contributed by atoms with van der Waals surface area (Å²) in [6.45, 7) is 1.89. The summed E-state index contributed by atoms with van der Waals surface area (Å²) in [5.74, 6) is 0.725. The van der Waals surface area contributed by atoms with Crippen LogP contribution in [0.4, 0.5) is 0 Å².